The van der Waals surface area contributed by atoms with Gasteiger partial charge in [0, 0.05) is 0 Å². The number of hydrogen-bond donors (Lipinski definition) is 2. The second-order valence-electron chi connectivity index (χ2n) is 6.74. The van der Waals surface area contributed by atoms with Crippen LogP contribution in [0.4, 0.5) is 0 Å². The van der Waals surface area contributed by atoms with E-state index in [1.165, 1.54) is 0 Å². The zero-order valence-electron chi connectivity index (χ0n) is 12.4. The Morgan fingerprint density at radius 3 is 2.21 bits per heavy atom. The first-order valence-electron chi connectivity index (χ1n) is 7.14. The molecule has 1 fully saturated rings. The molecule has 0 saturated heterocycles. The predicted octanol–water partition coefficient (Wildman–Crippen LogP) is 3.40. The Kier molecular flexibility index (Phi) is 4.64. The standard InChI is InChI=1S/C15H26O4/c1-5-15(12(16)17,13(18)19)10(2)11-7-6-8-14(3,4)9-11/h10-11H,5-9H2,1-4H3,(H,16,17)(H,18,19). The highest BCUT2D eigenvalue weighted by molar-refractivity contribution is 5.98. The molecule has 1 aliphatic rings. The molecular formula is C15H26O4. The lowest BCUT2D eigenvalue weighted by atomic mass is 9.61. The molecule has 0 aromatic carbocycles. The summed E-state index contributed by atoms with van der Waals surface area (Å²) in [6.07, 6.45) is 4.18. The minimum absolute atomic E-state index is 0.135. The number of rotatable bonds is 5. The summed E-state index contributed by atoms with van der Waals surface area (Å²) in [7, 11) is 0. The van der Waals surface area contributed by atoms with E-state index < -0.39 is 17.4 Å². The van der Waals surface area contributed by atoms with Gasteiger partial charge >= 0.3 is 11.9 Å². The molecule has 0 heterocycles. The van der Waals surface area contributed by atoms with Crippen molar-refractivity contribution in [2.75, 3.05) is 0 Å². The molecule has 4 nitrogen and oxygen atoms in total. The number of hydrogen-bond acceptors (Lipinski definition) is 2. The topological polar surface area (TPSA) is 74.6 Å². The lowest BCUT2D eigenvalue weighted by Gasteiger charge is -2.42. The van der Waals surface area contributed by atoms with Crippen LogP contribution in [0, 0.1) is 22.7 Å². The summed E-state index contributed by atoms with van der Waals surface area (Å²) in [5.41, 5.74) is -1.45. The van der Waals surface area contributed by atoms with Crippen molar-refractivity contribution in [1.82, 2.24) is 0 Å². The zero-order valence-corrected chi connectivity index (χ0v) is 12.4. The molecule has 0 amide bonds. The van der Waals surface area contributed by atoms with Crippen LogP contribution in [0.25, 0.3) is 0 Å². The van der Waals surface area contributed by atoms with Gasteiger partial charge in [0.15, 0.2) is 5.41 Å². The lowest BCUT2D eigenvalue weighted by Crippen LogP contribution is -2.48. The van der Waals surface area contributed by atoms with Crippen molar-refractivity contribution in [3.8, 4) is 0 Å². The molecule has 4 heteroatoms. The van der Waals surface area contributed by atoms with E-state index in [-0.39, 0.29) is 23.7 Å². The number of carbonyl (C=O) groups is 2. The monoisotopic (exact) mass is 270 g/mol. The fraction of sp³-hybridized carbons (Fsp3) is 0.867. The molecule has 19 heavy (non-hydrogen) atoms. The van der Waals surface area contributed by atoms with E-state index in [2.05, 4.69) is 13.8 Å². The molecule has 0 bridgehead atoms. The van der Waals surface area contributed by atoms with E-state index in [1.54, 1.807) is 13.8 Å². The van der Waals surface area contributed by atoms with Crippen molar-refractivity contribution in [2.45, 2.75) is 59.8 Å². The van der Waals surface area contributed by atoms with Crippen LogP contribution >= 0.6 is 0 Å². The summed E-state index contributed by atoms with van der Waals surface area (Å²) in [6.45, 7) is 7.83. The second-order valence-corrected chi connectivity index (χ2v) is 6.74. The summed E-state index contributed by atoms with van der Waals surface area (Å²) in [5, 5.41) is 18.9. The Labute approximate surface area is 115 Å². The Bertz CT molecular complexity index is 345. The maximum absolute atomic E-state index is 11.6. The van der Waals surface area contributed by atoms with E-state index >= 15 is 0 Å². The highest BCUT2D eigenvalue weighted by Gasteiger charge is 2.52. The molecule has 1 rings (SSSR count). The van der Waals surface area contributed by atoms with Gasteiger partial charge in [-0.3, -0.25) is 9.59 Å². The van der Waals surface area contributed by atoms with Crippen LogP contribution in [0.3, 0.4) is 0 Å². The SMILES string of the molecule is CCC(C(=O)O)(C(=O)O)C(C)C1CCCC(C)(C)C1. The first kappa shape index (κ1) is 16.0. The van der Waals surface area contributed by atoms with Crippen LogP contribution < -0.4 is 0 Å². The molecule has 110 valence electrons. The minimum Gasteiger partial charge on any atom is -0.480 e. The van der Waals surface area contributed by atoms with Crippen molar-refractivity contribution < 1.29 is 19.8 Å². The van der Waals surface area contributed by atoms with Gasteiger partial charge in [-0.1, -0.05) is 40.5 Å². The maximum Gasteiger partial charge on any atom is 0.321 e. The van der Waals surface area contributed by atoms with Crippen LogP contribution in [-0.4, -0.2) is 22.2 Å². The second kappa shape index (κ2) is 5.51. The van der Waals surface area contributed by atoms with Crippen molar-refractivity contribution in [2.24, 2.45) is 22.7 Å². The number of aliphatic carboxylic acids is 2. The Morgan fingerprint density at radius 2 is 1.84 bits per heavy atom. The van der Waals surface area contributed by atoms with Gasteiger partial charge in [0.2, 0.25) is 0 Å². The normalized spacial score (nSPS) is 24.7. The van der Waals surface area contributed by atoms with E-state index in [0.29, 0.717) is 0 Å². The Morgan fingerprint density at radius 1 is 1.32 bits per heavy atom. The summed E-state index contributed by atoms with van der Waals surface area (Å²) < 4.78 is 0. The smallest absolute Gasteiger partial charge is 0.321 e. The molecule has 0 aromatic rings. The quantitative estimate of drug-likeness (QED) is 0.751. The highest BCUT2D eigenvalue weighted by atomic mass is 16.4. The summed E-state index contributed by atoms with van der Waals surface area (Å²) in [5.74, 6) is -2.56. The fourth-order valence-corrected chi connectivity index (χ4v) is 3.69. The van der Waals surface area contributed by atoms with Gasteiger partial charge in [0.05, 0.1) is 0 Å². The number of carboxylic acid groups (broad SMARTS) is 2. The van der Waals surface area contributed by atoms with Crippen LogP contribution in [0.5, 0.6) is 0 Å². The third-order valence-electron chi connectivity index (χ3n) is 5.05. The molecule has 0 radical (unpaired) electrons. The van der Waals surface area contributed by atoms with Crippen molar-refractivity contribution in [1.29, 1.82) is 0 Å². The molecule has 1 aliphatic carbocycles. The Balaban J connectivity index is 3.03. The molecule has 2 unspecified atom stereocenters. The molecule has 1 saturated carbocycles. The fourth-order valence-electron chi connectivity index (χ4n) is 3.69. The summed E-state index contributed by atoms with van der Waals surface area (Å²) in [6, 6.07) is 0. The third-order valence-corrected chi connectivity index (χ3v) is 5.05. The average Bonchev–Trinajstić information content (AvgIpc) is 2.28. The van der Waals surface area contributed by atoms with Crippen molar-refractivity contribution in [3.05, 3.63) is 0 Å². The van der Waals surface area contributed by atoms with Gasteiger partial charge in [-0.2, -0.15) is 0 Å². The molecule has 2 atom stereocenters. The van der Waals surface area contributed by atoms with E-state index in [1.807, 2.05) is 0 Å². The van der Waals surface area contributed by atoms with Gasteiger partial charge in [-0.15, -0.1) is 0 Å². The first-order valence-corrected chi connectivity index (χ1v) is 7.14. The van der Waals surface area contributed by atoms with Gasteiger partial charge in [-0.25, -0.2) is 0 Å². The highest BCUT2D eigenvalue weighted by Crippen LogP contribution is 2.47. The summed E-state index contributed by atoms with van der Waals surface area (Å²) in [4.78, 5) is 23.1. The summed E-state index contributed by atoms with van der Waals surface area (Å²) >= 11 is 0. The lowest BCUT2D eigenvalue weighted by molar-refractivity contribution is -0.172. The molecule has 0 aromatic heterocycles. The largest absolute Gasteiger partial charge is 0.480 e. The third kappa shape index (κ3) is 2.93. The van der Waals surface area contributed by atoms with E-state index in [9.17, 15) is 19.8 Å². The van der Waals surface area contributed by atoms with Crippen LogP contribution in [0.15, 0.2) is 0 Å². The van der Waals surface area contributed by atoms with Crippen LogP contribution in [-0.2, 0) is 9.59 Å². The molecule has 0 aliphatic heterocycles. The number of carboxylic acids is 2. The van der Waals surface area contributed by atoms with Crippen LogP contribution in [0.2, 0.25) is 0 Å². The van der Waals surface area contributed by atoms with Crippen molar-refractivity contribution >= 4 is 11.9 Å². The Hall–Kier alpha value is -1.06. The van der Waals surface area contributed by atoms with Gasteiger partial charge in [0.1, 0.15) is 0 Å². The van der Waals surface area contributed by atoms with Crippen molar-refractivity contribution in [3.63, 3.8) is 0 Å². The van der Waals surface area contributed by atoms with Gasteiger partial charge in [-0.05, 0) is 36.5 Å². The van der Waals surface area contributed by atoms with Gasteiger partial charge in [0.25, 0.3) is 0 Å². The predicted molar refractivity (Wildman–Crippen MR) is 72.9 cm³/mol. The molecule has 0 spiro atoms. The average molecular weight is 270 g/mol. The first-order chi connectivity index (χ1) is 8.67. The maximum atomic E-state index is 11.6. The molecular weight excluding hydrogens is 244 g/mol. The van der Waals surface area contributed by atoms with Crippen LogP contribution in [0.1, 0.15) is 59.8 Å². The van der Waals surface area contributed by atoms with E-state index in [4.69, 9.17) is 0 Å². The minimum atomic E-state index is -1.64. The van der Waals surface area contributed by atoms with Gasteiger partial charge < -0.3 is 10.2 Å². The van der Waals surface area contributed by atoms with E-state index in [0.717, 1.165) is 25.7 Å². The molecule has 2 N–H and O–H groups in total. The zero-order chi connectivity index (χ0) is 14.8.